The van der Waals surface area contributed by atoms with E-state index in [1.54, 1.807) is 23.8 Å². The van der Waals surface area contributed by atoms with E-state index in [1.807, 2.05) is 12.1 Å². The first-order valence-corrected chi connectivity index (χ1v) is 12.0. The number of nitrogens with zero attached hydrogens (tertiary/aromatic N) is 1. The van der Waals surface area contributed by atoms with Crippen LogP contribution in [0.5, 0.6) is 0 Å². The molecule has 0 saturated heterocycles. The Balaban J connectivity index is 1.44. The number of fused-ring (bicyclic) bond motifs is 1. The van der Waals surface area contributed by atoms with E-state index in [1.165, 1.54) is 35.2 Å². The van der Waals surface area contributed by atoms with E-state index in [9.17, 15) is 13.2 Å². The smallest absolute Gasteiger partial charge is 0.263 e. The van der Waals surface area contributed by atoms with E-state index in [-0.39, 0.29) is 17.2 Å². The Hall–Kier alpha value is -3.17. The maximum Gasteiger partial charge on any atom is 0.263 e. The van der Waals surface area contributed by atoms with Gasteiger partial charge in [-0.05, 0) is 47.9 Å². The number of hydrogen-bond donors (Lipinski definition) is 2. The summed E-state index contributed by atoms with van der Waals surface area (Å²) in [5.74, 6) is 0.162. The second-order valence-corrected chi connectivity index (χ2v) is 9.94. The molecule has 0 bridgehead atoms. The average molecular weight is 456 g/mol. The number of hydrogen-bond acceptors (Lipinski definition) is 6. The van der Waals surface area contributed by atoms with Crippen molar-refractivity contribution in [3.05, 3.63) is 71.4 Å². The van der Waals surface area contributed by atoms with Crippen LogP contribution in [-0.2, 0) is 21.2 Å². The first-order chi connectivity index (χ1) is 14.8. The summed E-state index contributed by atoms with van der Waals surface area (Å²) in [6.07, 6.45) is 3.28. The van der Waals surface area contributed by atoms with Crippen molar-refractivity contribution in [1.82, 2.24) is 4.98 Å². The number of aromatic nitrogens is 1. The van der Waals surface area contributed by atoms with Crippen molar-refractivity contribution in [2.45, 2.75) is 31.1 Å². The number of furan rings is 1. The van der Waals surface area contributed by atoms with Gasteiger partial charge in [0, 0.05) is 28.2 Å². The van der Waals surface area contributed by atoms with E-state index in [4.69, 9.17) is 4.42 Å². The van der Waals surface area contributed by atoms with Crippen LogP contribution in [0.3, 0.4) is 0 Å². The predicted molar refractivity (Wildman–Crippen MR) is 122 cm³/mol. The molecule has 0 aliphatic carbocycles. The normalized spacial score (nSPS) is 11.7. The van der Waals surface area contributed by atoms with Crippen LogP contribution in [0.15, 0.2) is 69.6 Å². The lowest BCUT2D eigenvalue weighted by Crippen LogP contribution is -2.15. The molecule has 0 radical (unpaired) electrons. The summed E-state index contributed by atoms with van der Waals surface area (Å²) in [7, 11) is -3.73. The number of thiazole rings is 1. The molecule has 0 saturated carbocycles. The van der Waals surface area contributed by atoms with Crippen molar-refractivity contribution < 1.29 is 17.6 Å². The van der Waals surface area contributed by atoms with Gasteiger partial charge in [-0.2, -0.15) is 0 Å². The lowest BCUT2D eigenvalue weighted by molar-refractivity contribution is -0.115. The highest BCUT2D eigenvalue weighted by Crippen LogP contribution is 2.26. The molecule has 0 aliphatic heterocycles. The summed E-state index contributed by atoms with van der Waals surface area (Å²) in [6.45, 7) is 4.23. The highest BCUT2D eigenvalue weighted by molar-refractivity contribution is 7.93. The average Bonchev–Trinajstić information content (AvgIpc) is 3.37. The van der Waals surface area contributed by atoms with Crippen LogP contribution in [0.2, 0.25) is 0 Å². The van der Waals surface area contributed by atoms with Gasteiger partial charge in [0.2, 0.25) is 5.91 Å². The molecule has 2 aromatic carbocycles. The molecule has 9 heteroatoms. The largest absolute Gasteiger partial charge is 0.464 e. The summed E-state index contributed by atoms with van der Waals surface area (Å²) < 4.78 is 32.8. The molecular weight excluding hydrogens is 434 g/mol. The fourth-order valence-corrected chi connectivity index (χ4v) is 4.93. The van der Waals surface area contributed by atoms with Crippen LogP contribution in [-0.4, -0.2) is 19.3 Å². The molecule has 2 heterocycles. The van der Waals surface area contributed by atoms with Crippen LogP contribution in [0.4, 0.5) is 10.8 Å². The molecular formula is C22H21N3O4S2. The zero-order valence-corrected chi connectivity index (χ0v) is 18.6. The van der Waals surface area contributed by atoms with E-state index in [0.29, 0.717) is 16.7 Å². The molecule has 1 amide bonds. The Kier molecular flexibility index (Phi) is 5.79. The van der Waals surface area contributed by atoms with Gasteiger partial charge in [0.05, 0.1) is 17.6 Å². The Bertz CT molecular complexity index is 1310. The Morgan fingerprint density at radius 3 is 2.61 bits per heavy atom. The van der Waals surface area contributed by atoms with Crippen molar-refractivity contribution in [1.29, 1.82) is 0 Å². The molecule has 2 N–H and O–H groups in total. The second kappa shape index (κ2) is 8.52. The van der Waals surface area contributed by atoms with Crippen LogP contribution in [0.25, 0.3) is 11.0 Å². The van der Waals surface area contributed by atoms with Crippen molar-refractivity contribution >= 4 is 49.1 Å². The molecule has 4 rings (SSSR count). The van der Waals surface area contributed by atoms with Crippen molar-refractivity contribution in [3.63, 3.8) is 0 Å². The summed E-state index contributed by atoms with van der Waals surface area (Å²) in [5.41, 5.74) is 3.24. The number of rotatable bonds is 7. The van der Waals surface area contributed by atoms with Crippen LogP contribution >= 0.6 is 11.3 Å². The maximum atomic E-state index is 12.5. The van der Waals surface area contributed by atoms with Crippen molar-refractivity contribution in [2.24, 2.45) is 0 Å². The monoisotopic (exact) mass is 455 g/mol. The molecule has 7 nitrogen and oxygen atoms in total. The van der Waals surface area contributed by atoms with E-state index in [2.05, 4.69) is 34.9 Å². The van der Waals surface area contributed by atoms with Crippen molar-refractivity contribution in [3.8, 4) is 0 Å². The molecule has 0 aliphatic rings. The second-order valence-electron chi connectivity index (χ2n) is 7.36. The van der Waals surface area contributed by atoms with Crippen LogP contribution < -0.4 is 10.0 Å². The zero-order valence-electron chi connectivity index (χ0n) is 17.0. The lowest BCUT2D eigenvalue weighted by Gasteiger charge is -2.08. The lowest BCUT2D eigenvalue weighted by atomic mass is 10.00. The highest BCUT2D eigenvalue weighted by atomic mass is 32.2. The molecule has 31 heavy (non-hydrogen) atoms. The summed E-state index contributed by atoms with van der Waals surface area (Å²) in [4.78, 5) is 16.6. The molecule has 0 unspecified atom stereocenters. The quantitative estimate of drug-likeness (QED) is 0.409. The first kappa shape index (κ1) is 21.1. The molecule has 0 atom stereocenters. The summed E-state index contributed by atoms with van der Waals surface area (Å²) >= 11 is 1.19. The van der Waals surface area contributed by atoms with Gasteiger partial charge in [0.25, 0.3) is 10.0 Å². The molecule has 0 spiro atoms. The Labute approximate surface area is 184 Å². The minimum Gasteiger partial charge on any atom is -0.464 e. The highest BCUT2D eigenvalue weighted by Gasteiger charge is 2.16. The van der Waals surface area contributed by atoms with E-state index < -0.39 is 10.0 Å². The minimum absolute atomic E-state index is 0.0859. The van der Waals surface area contributed by atoms with Gasteiger partial charge >= 0.3 is 0 Å². The number of carbonyl (C=O) groups excluding carboxylic acids is 1. The van der Waals surface area contributed by atoms with Gasteiger partial charge in [-0.3, -0.25) is 9.52 Å². The number of amides is 1. The zero-order chi connectivity index (χ0) is 22.0. The van der Waals surface area contributed by atoms with E-state index in [0.717, 1.165) is 16.5 Å². The third-order valence-electron chi connectivity index (χ3n) is 4.80. The minimum atomic E-state index is -3.73. The number of nitrogens with one attached hydrogen (secondary N) is 2. The fourth-order valence-electron chi connectivity index (χ4n) is 3.14. The molecule has 0 fully saturated rings. The molecule has 4 aromatic rings. The fraction of sp³-hybridized carbons (Fsp3) is 0.182. The van der Waals surface area contributed by atoms with Gasteiger partial charge in [0.1, 0.15) is 5.58 Å². The van der Waals surface area contributed by atoms with Gasteiger partial charge in [-0.25, -0.2) is 13.4 Å². The van der Waals surface area contributed by atoms with Gasteiger partial charge < -0.3 is 9.73 Å². The third kappa shape index (κ3) is 4.78. The number of sulfonamides is 1. The van der Waals surface area contributed by atoms with Crippen LogP contribution in [0.1, 0.15) is 30.9 Å². The number of carbonyl (C=O) groups is 1. The maximum absolute atomic E-state index is 12.5. The van der Waals surface area contributed by atoms with Gasteiger partial charge in [-0.1, -0.05) is 19.9 Å². The summed E-state index contributed by atoms with van der Waals surface area (Å²) in [6, 6.07) is 12.0. The number of benzene rings is 2. The number of anilines is 2. The van der Waals surface area contributed by atoms with Crippen LogP contribution in [0, 0.1) is 0 Å². The Morgan fingerprint density at radius 1 is 1.16 bits per heavy atom. The SMILES string of the molecule is CC(C)c1ccc2occ(CC(=O)Nc3ccc(S(=O)(=O)Nc4nccs4)cc3)c2c1. The third-order valence-corrected chi connectivity index (χ3v) is 6.97. The topological polar surface area (TPSA) is 101 Å². The van der Waals surface area contributed by atoms with Crippen molar-refractivity contribution in [2.75, 3.05) is 10.0 Å². The predicted octanol–water partition coefficient (Wildman–Crippen LogP) is 4.99. The summed E-state index contributed by atoms with van der Waals surface area (Å²) in [5, 5.41) is 5.71. The molecule has 160 valence electrons. The van der Waals surface area contributed by atoms with Gasteiger partial charge in [0.15, 0.2) is 5.13 Å². The first-order valence-electron chi connectivity index (χ1n) is 9.64. The van der Waals surface area contributed by atoms with E-state index >= 15 is 0 Å². The van der Waals surface area contributed by atoms with Gasteiger partial charge in [-0.15, -0.1) is 11.3 Å². The standard InChI is InChI=1S/C22H21N3O4S2/c1-14(2)15-3-8-20-19(11-15)16(13-29-20)12-21(26)24-17-4-6-18(7-5-17)31(27,28)25-22-23-9-10-30-22/h3-11,13-14H,12H2,1-2H3,(H,23,25)(H,24,26). The molecule has 2 aromatic heterocycles. The Morgan fingerprint density at radius 2 is 1.94 bits per heavy atom.